The number of carbonyl (C=O) groups excluding carboxylic acids is 1. The zero-order valence-electron chi connectivity index (χ0n) is 27.7. The number of fused-ring (bicyclic) bond motifs is 5. The van der Waals surface area contributed by atoms with Gasteiger partial charge in [0.1, 0.15) is 0 Å². The molecule has 0 aromatic carbocycles. The van der Waals surface area contributed by atoms with Crippen molar-refractivity contribution in [2.75, 3.05) is 46.3 Å². The summed E-state index contributed by atoms with van der Waals surface area (Å²) in [6.45, 7) is 13.8. The van der Waals surface area contributed by atoms with Gasteiger partial charge in [-0.3, -0.25) is 4.79 Å². The number of nitrogens with two attached hydrogens (primary N) is 1. The number of aliphatic hydroxyl groups excluding tert-OH is 1. The number of carbonyl (C=O) groups is 1. The van der Waals surface area contributed by atoms with Gasteiger partial charge in [-0.2, -0.15) is 0 Å². The zero-order chi connectivity index (χ0) is 30.2. The van der Waals surface area contributed by atoms with Crippen molar-refractivity contribution in [2.45, 2.75) is 123 Å². The lowest BCUT2D eigenvalue weighted by Gasteiger charge is -2.62. The lowest BCUT2D eigenvalue weighted by Crippen LogP contribution is -2.59. The number of amides is 1. The van der Waals surface area contributed by atoms with Crippen molar-refractivity contribution in [3.63, 3.8) is 0 Å². The predicted molar refractivity (Wildman–Crippen MR) is 174 cm³/mol. The molecule has 1 amide bonds. The van der Waals surface area contributed by atoms with Gasteiger partial charge in [-0.15, -0.1) is 0 Å². The molecular formula is C35H67N5O2. The molecule has 7 heteroatoms. The second-order valence-corrected chi connectivity index (χ2v) is 15.3. The minimum Gasteiger partial charge on any atom is -0.393 e. The van der Waals surface area contributed by atoms with E-state index in [1.807, 2.05) is 0 Å². The molecule has 42 heavy (non-hydrogen) atoms. The molecule has 0 aromatic heterocycles. The summed E-state index contributed by atoms with van der Waals surface area (Å²) in [5.74, 6) is 3.86. The van der Waals surface area contributed by atoms with Crippen molar-refractivity contribution in [3.8, 4) is 0 Å². The van der Waals surface area contributed by atoms with Crippen LogP contribution in [0, 0.1) is 46.3 Å². The molecule has 0 radical (unpaired) electrons. The van der Waals surface area contributed by atoms with E-state index in [0.29, 0.717) is 58.8 Å². The molecule has 4 rings (SSSR count). The average molecular weight is 590 g/mol. The normalized spacial score (nSPS) is 38.4. The van der Waals surface area contributed by atoms with Crippen molar-refractivity contribution in [1.29, 1.82) is 0 Å². The molecule has 4 aliphatic rings. The van der Waals surface area contributed by atoms with E-state index in [0.717, 1.165) is 58.5 Å². The summed E-state index contributed by atoms with van der Waals surface area (Å²) in [7, 11) is 1.75. The highest BCUT2D eigenvalue weighted by atomic mass is 16.3. The van der Waals surface area contributed by atoms with Crippen molar-refractivity contribution < 1.29 is 9.90 Å². The van der Waals surface area contributed by atoms with Gasteiger partial charge in [0.05, 0.1) is 6.10 Å². The van der Waals surface area contributed by atoms with Crippen LogP contribution in [0.3, 0.4) is 0 Å². The third-order valence-corrected chi connectivity index (χ3v) is 13.0. The molecule has 4 saturated carbocycles. The molecule has 4 aliphatic carbocycles. The maximum Gasteiger partial charge on any atom is 0.219 e. The Morgan fingerprint density at radius 1 is 0.881 bits per heavy atom. The Balaban J connectivity index is 1.20. The van der Waals surface area contributed by atoms with Gasteiger partial charge < -0.3 is 32.1 Å². The number of hydrogen-bond donors (Lipinski definition) is 6. The van der Waals surface area contributed by atoms with Crippen molar-refractivity contribution in [3.05, 3.63) is 0 Å². The first-order valence-corrected chi connectivity index (χ1v) is 18.0. The largest absolute Gasteiger partial charge is 0.393 e. The Labute approximate surface area is 258 Å². The van der Waals surface area contributed by atoms with Crippen LogP contribution in [-0.4, -0.2) is 69.5 Å². The first-order chi connectivity index (χ1) is 20.2. The Hall–Kier alpha value is -0.730. The van der Waals surface area contributed by atoms with Crippen LogP contribution in [0.2, 0.25) is 0 Å². The molecule has 4 unspecified atom stereocenters. The number of nitrogens with one attached hydrogen (secondary N) is 4. The quantitative estimate of drug-likeness (QED) is 0.140. The SMILES string of the molecule is CNC(=O)CC[C@@H](C)[C@H]1CCC2C3C(CC[C@@]21C)[C@@]1(C)CC[C@H](NCCCNCCCCNCCCN)CC1C[C@H]3O. The molecule has 7 N–H and O–H groups in total. The Morgan fingerprint density at radius 3 is 2.26 bits per heavy atom. The highest BCUT2D eigenvalue weighted by Crippen LogP contribution is 2.68. The molecule has 4 fully saturated rings. The Kier molecular flexibility index (Phi) is 13.0. The number of unbranched alkanes of at least 4 members (excludes halogenated alkanes) is 1. The van der Waals surface area contributed by atoms with Gasteiger partial charge in [-0.05, 0) is 169 Å². The molecular weight excluding hydrogens is 522 g/mol. The summed E-state index contributed by atoms with van der Waals surface area (Å²) >= 11 is 0. The molecule has 10 atom stereocenters. The van der Waals surface area contributed by atoms with E-state index in [1.165, 1.54) is 64.2 Å². The van der Waals surface area contributed by atoms with Crippen LogP contribution >= 0.6 is 0 Å². The van der Waals surface area contributed by atoms with Gasteiger partial charge in [0.2, 0.25) is 5.91 Å². The van der Waals surface area contributed by atoms with Gasteiger partial charge >= 0.3 is 0 Å². The van der Waals surface area contributed by atoms with Crippen LogP contribution in [-0.2, 0) is 4.79 Å². The summed E-state index contributed by atoms with van der Waals surface area (Å²) in [6.07, 6.45) is 16.2. The molecule has 244 valence electrons. The summed E-state index contributed by atoms with van der Waals surface area (Å²) in [4.78, 5) is 11.9. The van der Waals surface area contributed by atoms with Gasteiger partial charge in [-0.25, -0.2) is 0 Å². The van der Waals surface area contributed by atoms with E-state index >= 15 is 0 Å². The van der Waals surface area contributed by atoms with Gasteiger partial charge in [0.15, 0.2) is 0 Å². The van der Waals surface area contributed by atoms with Crippen LogP contribution in [0.1, 0.15) is 111 Å². The molecule has 0 spiro atoms. The minimum atomic E-state index is -0.142. The fourth-order valence-electron chi connectivity index (χ4n) is 10.6. The van der Waals surface area contributed by atoms with Gasteiger partial charge in [0.25, 0.3) is 0 Å². The number of aliphatic hydroxyl groups is 1. The van der Waals surface area contributed by atoms with Gasteiger partial charge in [0, 0.05) is 19.5 Å². The zero-order valence-corrected chi connectivity index (χ0v) is 27.7. The van der Waals surface area contributed by atoms with E-state index in [9.17, 15) is 9.90 Å². The van der Waals surface area contributed by atoms with Crippen LogP contribution in [0.25, 0.3) is 0 Å². The highest BCUT2D eigenvalue weighted by Gasteiger charge is 2.62. The van der Waals surface area contributed by atoms with Crippen LogP contribution in [0.5, 0.6) is 0 Å². The summed E-state index contributed by atoms with van der Waals surface area (Å²) in [5.41, 5.74) is 6.24. The van der Waals surface area contributed by atoms with Crippen LogP contribution in [0.4, 0.5) is 0 Å². The maximum absolute atomic E-state index is 11.9. The summed E-state index contributed by atoms with van der Waals surface area (Å²) in [5, 5.41) is 25.5. The first-order valence-electron chi connectivity index (χ1n) is 18.0. The Bertz CT molecular complexity index is 827. The number of rotatable bonds is 17. The van der Waals surface area contributed by atoms with Crippen molar-refractivity contribution in [2.24, 2.45) is 52.1 Å². The second-order valence-electron chi connectivity index (χ2n) is 15.3. The lowest BCUT2D eigenvalue weighted by atomic mass is 9.43. The van der Waals surface area contributed by atoms with Crippen molar-refractivity contribution >= 4 is 5.91 Å². The topological polar surface area (TPSA) is 111 Å². The fourth-order valence-corrected chi connectivity index (χ4v) is 10.6. The van der Waals surface area contributed by atoms with Crippen LogP contribution in [0.15, 0.2) is 0 Å². The molecule has 0 bridgehead atoms. The molecule has 0 heterocycles. The molecule has 0 saturated heterocycles. The average Bonchev–Trinajstić information content (AvgIpc) is 3.34. The monoisotopic (exact) mass is 590 g/mol. The first kappa shape index (κ1) is 34.1. The highest BCUT2D eigenvalue weighted by molar-refractivity contribution is 5.75. The molecule has 0 aliphatic heterocycles. The van der Waals surface area contributed by atoms with Crippen molar-refractivity contribution in [1.82, 2.24) is 21.3 Å². The van der Waals surface area contributed by atoms with E-state index in [-0.39, 0.29) is 12.0 Å². The third kappa shape index (κ3) is 7.91. The van der Waals surface area contributed by atoms with Gasteiger partial charge in [-0.1, -0.05) is 20.8 Å². The predicted octanol–water partition coefficient (Wildman–Crippen LogP) is 4.43. The fraction of sp³-hybridized carbons (Fsp3) is 0.971. The molecule has 7 nitrogen and oxygen atoms in total. The standard InChI is InChI=1S/C35H67N5O2/c1-25(9-12-32(42)37-4)28-10-11-29-33-30(14-16-35(28,29)3)34(2)15-13-27(23-26(34)24-31(33)41)40-22-8-21-39-19-6-5-18-38-20-7-17-36/h25-31,33,38-41H,5-24,36H2,1-4H3,(H,37,42)/t25-,26?,27+,28-,29?,30?,31-,33?,34+,35-/m1/s1. The van der Waals surface area contributed by atoms with E-state index in [4.69, 9.17) is 5.73 Å². The second kappa shape index (κ2) is 16.0. The summed E-state index contributed by atoms with van der Waals surface area (Å²) < 4.78 is 0. The third-order valence-electron chi connectivity index (χ3n) is 13.0. The Morgan fingerprint density at radius 2 is 1.55 bits per heavy atom. The van der Waals surface area contributed by atoms with Crippen LogP contribution < -0.4 is 27.0 Å². The summed E-state index contributed by atoms with van der Waals surface area (Å²) in [6, 6.07) is 0.609. The number of hydrogen-bond acceptors (Lipinski definition) is 6. The maximum atomic E-state index is 11.9. The van der Waals surface area contributed by atoms with E-state index in [1.54, 1.807) is 7.05 Å². The van der Waals surface area contributed by atoms with E-state index in [2.05, 4.69) is 42.0 Å². The lowest BCUT2D eigenvalue weighted by molar-refractivity contribution is -0.167. The minimum absolute atomic E-state index is 0.142. The molecule has 0 aromatic rings. The van der Waals surface area contributed by atoms with E-state index < -0.39 is 0 Å². The smallest absolute Gasteiger partial charge is 0.219 e.